The second-order valence-electron chi connectivity index (χ2n) is 2.50. The Morgan fingerprint density at radius 1 is 1.73 bits per heavy atom. The summed E-state index contributed by atoms with van der Waals surface area (Å²) in [5, 5.41) is 0. The van der Waals surface area contributed by atoms with Gasteiger partial charge < -0.3 is 9.47 Å². The fourth-order valence-electron chi connectivity index (χ4n) is 0.969. The average Bonchev–Trinajstić information content (AvgIpc) is 2.34. The highest BCUT2D eigenvalue weighted by Gasteiger charge is 2.25. The number of aldehydes is 1. The Morgan fingerprint density at radius 2 is 2.45 bits per heavy atom. The molecule has 0 aromatic rings. The van der Waals surface area contributed by atoms with Crippen LogP contribution in [0.15, 0.2) is 0 Å². The van der Waals surface area contributed by atoms with Crippen molar-refractivity contribution in [1.29, 1.82) is 0 Å². The number of ketones is 1. The smallest absolute Gasteiger partial charge is 0.215 e. The van der Waals surface area contributed by atoms with Crippen LogP contribution in [0.1, 0.15) is 13.3 Å². The van der Waals surface area contributed by atoms with Gasteiger partial charge in [0.25, 0.3) is 0 Å². The van der Waals surface area contributed by atoms with E-state index in [1.807, 2.05) is 0 Å². The minimum absolute atomic E-state index is 0.0464. The Balaban J connectivity index is 2.29. The number of Topliss-reactive ketones (excluding diaryl/α,β-unsaturated/α-hetero) is 1. The lowest BCUT2D eigenvalue weighted by atomic mass is 10.2. The normalized spacial score (nSPS) is 30.3. The van der Waals surface area contributed by atoms with Crippen molar-refractivity contribution in [1.82, 2.24) is 0 Å². The van der Waals surface area contributed by atoms with Crippen molar-refractivity contribution in [2.24, 2.45) is 0 Å². The van der Waals surface area contributed by atoms with Crippen LogP contribution in [0.4, 0.5) is 0 Å². The topological polar surface area (TPSA) is 52.6 Å². The zero-order chi connectivity index (χ0) is 8.27. The number of carbonyl (C=O) groups excluding carboxylic acids is 2. The second-order valence-corrected chi connectivity index (χ2v) is 2.50. The van der Waals surface area contributed by atoms with Gasteiger partial charge in [-0.2, -0.15) is 0 Å². The van der Waals surface area contributed by atoms with E-state index in [1.54, 1.807) is 0 Å². The average molecular weight is 158 g/mol. The Bertz CT molecular complexity index is 166. The summed E-state index contributed by atoms with van der Waals surface area (Å²) >= 11 is 0. The summed E-state index contributed by atoms with van der Waals surface area (Å²) in [6.07, 6.45) is -0.0909. The number of hydrogen-bond donors (Lipinski definition) is 0. The van der Waals surface area contributed by atoms with Crippen LogP contribution in [0, 0.1) is 0 Å². The lowest BCUT2D eigenvalue weighted by molar-refractivity contribution is -0.134. The van der Waals surface area contributed by atoms with Crippen LogP contribution in [0.3, 0.4) is 0 Å². The second kappa shape index (κ2) is 3.59. The van der Waals surface area contributed by atoms with E-state index in [4.69, 9.17) is 9.47 Å². The third kappa shape index (κ3) is 2.40. The molecule has 1 saturated heterocycles. The molecule has 1 fully saturated rings. The van der Waals surface area contributed by atoms with E-state index in [0.29, 0.717) is 19.3 Å². The van der Waals surface area contributed by atoms with Crippen molar-refractivity contribution in [2.75, 3.05) is 6.61 Å². The van der Waals surface area contributed by atoms with Crippen molar-refractivity contribution in [3.63, 3.8) is 0 Å². The van der Waals surface area contributed by atoms with E-state index in [2.05, 4.69) is 0 Å². The maximum atomic E-state index is 10.6. The monoisotopic (exact) mass is 158 g/mol. The van der Waals surface area contributed by atoms with E-state index in [0.717, 1.165) is 0 Å². The van der Waals surface area contributed by atoms with Crippen LogP contribution in [-0.2, 0) is 19.1 Å². The summed E-state index contributed by atoms with van der Waals surface area (Å²) in [6.45, 7) is 1.82. The Morgan fingerprint density at radius 3 is 2.91 bits per heavy atom. The van der Waals surface area contributed by atoms with Gasteiger partial charge in [-0.25, -0.2) is 0 Å². The van der Waals surface area contributed by atoms with Gasteiger partial charge in [0, 0.05) is 6.42 Å². The van der Waals surface area contributed by atoms with Crippen molar-refractivity contribution in [3.05, 3.63) is 0 Å². The molecule has 0 bridgehead atoms. The first-order chi connectivity index (χ1) is 5.22. The number of carbonyl (C=O) groups is 2. The molecule has 0 N–H and O–H groups in total. The van der Waals surface area contributed by atoms with E-state index in [-0.39, 0.29) is 11.9 Å². The SMILES string of the molecule is CC(=O)CC1COC(C=O)O1. The summed E-state index contributed by atoms with van der Waals surface area (Å²) < 4.78 is 9.88. The van der Waals surface area contributed by atoms with Crippen molar-refractivity contribution in [3.8, 4) is 0 Å². The molecule has 2 atom stereocenters. The predicted molar refractivity (Wildman–Crippen MR) is 36.0 cm³/mol. The summed E-state index contributed by atoms with van der Waals surface area (Å²) in [6, 6.07) is 0. The van der Waals surface area contributed by atoms with Gasteiger partial charge in [0.2, 0.25) is 6.29 Å². The molecule has 1 aliphatic rings. The van der Waals surface area contributed by atoms with Gasteiger partial charge >= 0.3 is 0 Å². The molecule has 4 heteroatoms. The third-order valence-corrected chi connectivity index (χ3v) is 1.40. The molecule has 4 nitrogen and oxygen atoms in total. The zero-order valence-corrected chi connectivity index (χ0v) is 6.28. The first kappa shape index (κ1) is 8.36. The molecule has 0 radical (unpaired) electrons. The lowest BCUT2D eigenvalue weighted by Crippen LogP contribution is -2.15. The summed E-state index contributed by atoms with van der Waals surface area (Å²) in [4.78, 5) is 20.7. The van der Waals surface area contributed by atoms with E-state index < -0.39 is 6.29 Å². The quantitative estimate of drug-likeness (QED) is 0.538. The van der Waals surface area contributed by atoms with Crippen LogP contribution in [-0.4, -0.2) is 31.1 Å². The number of hydrogen-bond acceptors (Lipinski definition) is 4. The highest BCUT2D eigenvalue weighted by molar-refractivity contribution is 5.76. The van der Waals surface area contributed by atoms with Crippen LogP contribution >= 0.6 is 0 Å². The predicted octanol–water partition coefficient (Wildman–Crippen LogP) is -0.0941. The molecule has 0 spiro atoms. The van der Waals surface area contributed by atoms with Gasteiger partial charge in [0.05, 0.1) is 12.7 Å². The molecule has 2 unspecified atom stereocenters. The van der Waals surface area contributed by atoms with Gasteiger partial charge in [-0.15, -0.1) is 0 Å². The molecular formula is C7H10O4. The van der Waals surface area contributed by atoms with Crippen molar-refractivity contribution < 1.29 is 19.1 Å². The fourth-order valence-corrected chi connectivity index (χ4v) is 0.969. The molecule has 1 heterocycles. The summed E-state index contributed by atoms with van der Waals surface area (Å²) in [5.41, 5.74) is 0. The molecule has 0 aromatic heterocycles. The van der Waals surface area contributed by atoms with E-state index in [1.165, 1.54) is 6.92 Å². The van der Waals surface area contributed by atoms with Gasteiger partial charge in [0.1, 0.15) is 5.78 Å². The standard InChI is InChI=1S/C7H10O4/c1-5(9)2-6-4-10-7(3-8)11-6/h3,6-7H,2,4H2,1H3. The zero-order valence-electron chi connectivity index (χ0n) is 6.28. The van der Waals surface area contributed by atoms with E-state index >= 15 is 0 Å². The third-order valence-electron chi connectivity index (χ3n) is 1.40. The number of ether oxygens (including phenoxy) is 2. The highest BCUT2D eigenvalue weighted by Crippen LogP contribution is 2.12. The van der Waals surface area contributed by atoms with Crippen LogP contribution < -0.4 is 0 Å². The van der Waals surface area contributed by atoms with E-state index in [9.17, 15) is 9.59 Å². The van der Waals surface area contributed by atoms with Crippen LogP contribution in [0.5, 0.6) is 0 Å². The molecule has 11 heavy (non-hydrogen) atoms. The van der Waals surface area contributed by atoms with Crippen molar-refractivity contribution >= 4 is 12.1 Å². The Kier molecular flexibility index (Phi) is 2.73. The number of rotatable bonds is 3. The Labute approximate surface area is 64.5 Å². The summed E-state index contributed by atoms with van der Waals surface area (Å²) in [7, 11) is 0. The lowest BCUT2D eigenvalue weighted by Gasteiger charge is -2.03. The van der Waals surface area contributed by atoms with Crippen LogP contribution in [0.2, 0.25) is 0 Å². The van der Waals surface area contributed by atoms with Crippen molar-refractivity contribution in [2.45, 2.75) is 25.7 Å². The summed E-state index contributed by atoms with van der Waals surface area (Å²) in [5.74, 6) is 0.0464. The van der Waals surface area contributed by atoms with Gasteiger partial charge in [-0.05, 0) is 6.92 Å². The first-order valence-electron chi connectivity index (χ1n) is 3.44. The molecule has 0 aromatic carbocycles. The maximum absolute atomic E-state index is 10.6. The molecular weight excluding hydrogens is 148 g/mol. The minimum Gasteiger partial charge on any atom is -0.343 e. The van der Waals surface area contributed by atoms with Gasteiger partial charge in [-0.1, -0.05) is 0 Å². The highest BCUT2D eigenvalue weighted by atomic mass is 16.7. The van der Waals surface area contributed by atoms with Crippen LogP contribution in [0.25, 0.3) is 0 Å². The molecule has 1 aliphatic heterocycles. The fraction of sp³-hybridized carbons (Fsp3) is 0.714. The molecule has 62 valence electrons. The molecule has 1 rings (SSSR count). The van der Waals surface area contributed by atoms with Gasteiger partial charge in [0.15, 0.2) is 6.29 Å². The molecule has 0 amide bonds. The Hall–Kier alpha value is -0.740. The minimum atomic E-state index is -0.764. The van der Waals surface area contributed by atoms with Gasteiger partial charge in [-0.3, -0.25) is 9.59 Å². The first-order valence-corrected chi connectivity index (χ1v) is 3.44. The molecule has 0 aliphatic carbocycles. The molecule has 0 saturated carbocycles. The largest absolute Gasteiger partial charge is 0.343 e. The maximum Gasteiger partial charge on any atom is 0.215 e.